The fourth-order valence-electron chi connectivity index (χ4n) is 5.40. The van der Waals surface area contributed by atoms with Crippen LogP contribution < -0.4 is 10.2 Å². The highest BCUT2D eigenvalue weighted by Crippen LogP contribution is 2.36. The first-order valence-electron chi connectivity index (χ1n) is 11.8. The molecule has 3 aliphatic heterocycles. The smallest absolute Gasteiger partial charge is 0.269 e. The third kappa shape index (κ3) is 4.41. The number of non-ortho nitro benzene ring substituents is 1. The molecule has 1 atom stereocenters. The van der Waals surface area contributed by atoms with Crippen molar-refractivity contribution in [3.05, 3.63) is 69.8 Å². The summed E-state index contributed by atoms with van der Waals surface area (Å²) in [4.78, 5) is 42.4. The Hall–Kier alpha value is -3.30. The molecule has 1 spiro atoms. The normalized spacial score (nSPS) is 22.6. The molecule has 5 rings (SSSR count). The molecule has 9 nitrogen and oxygen atoms in total. The summed E-state index contributed by atoms with van der Waals surface area (Å²) in [6.45, 7) is 4.28. The largest absolute Gasteiger partial charge is 0.336 e. The predicted octanol–water partition coefficient (Wildman–Crippen LogP) is 2.06. The molecule has 0 bridgehead atoms. The number of piperazine rings is 1. The second kappa shape index (κ2) is 9.15. The molecule has 0 aliphatic carbocycles. The van der Waals surface area contributed by atoms with Crippen LogP contribution >= 0.6 is 0 Å². The van der Waals surface area contributed by atoms with E-state index in [2.05, 4.69) is 16.3 Å². The summed E-state index contributed by atoms with van der Waals surface area (Å²) in [6, 6.07) is 13.9. The number of hydrogen-bond acceptors (Lipinski definition) is 6. The molecule has 1 N–H and O–H groups in total. The zero-order chi connectivity index (χ0) is 23.7. The Labute approximate surface area is 198 Å². The lowest BCUT2D eigenvalue weighted by Crippen LogP contribution is -2.58. The van der Waals surface area contributed by atoms with Gasteiger partial charge in [0, 0.05) is 61.6 Å². The van der Waals surface area contributed by atoms with Crippen LogP contribution in [0.2, 0.25) is 0 Å². The van der Waals surface area contributed by atoms with Gasteiger partial charge in [0.2, 0.25) is 5.91 Å². The van der Waals surface area contributed by atoms with Crippen molar-refractivity contribution in [1.29, 1.82) is 0 Å². The maximum atomic E-state index is 13.4. The number of fused-ring (bicyclic) bond motifs is 1. The quantitative estimate of drug-likeness (QED) is 0.551. The van der Waals surface area contributed by atoms with Crippen LogP contribution in [0.3, 0.4) is 0 Å². The van der Waals surface area contributed by atoms with E-state index in [9.17, 15) is 19.7 Å². The summed E-state index contributed by atoms with van der Waals surface area (Å²) in [5.41, 5.74) is 2.61. The Morgan fingerprint density at radius 3 is 2.44 bits per heavy atom. The van der Waals surface area contributed by atoms with Gasteiger partial charge in [0.15, 0.2) is 0 Å². The highest BCUT2D eigenvalue weighted by molar-refractivity contribution is 5.96. The van der Waals surface area contributed by atoms with Gasteiger partial charge in [-0.25, -0.2) is 0 Å². The van der Waals surface area contributed by atoms with Crippen molar-refractivity contribution < 1.29 is 14.5 Å². The Bertz CT molecular complexity index is 1090. The van der Waals surface area contributed by atoms with Crippen LogP contribution in [-0.4, -0.2) is 77.9 Å². The van der Waals surface area contributed by atoms with E-state index < -0.39 is 4.92 Å². The highest BCUT2D eigenvalue weighted by Gasteiger charge is 2.41. The SMILES string of the molecule is O=C(c1ccc([N+](=O)[O-])cc1)N1CCN(CC(=O)N2CC3(CCCN3)Cc3ccccc32)CC1. The molecule has 3 aliphatic rings. The summed E-state index contributed by atoms with van der Waals surface area (Å²) >= 11 is 0. The summed E-state index contributed by atoms with van der Waals surface area (Å²) in [6.07, 6.45) is 3.17. The van der Waals surface area contributed by atoms with E-state index in [1.807, 2.05) is 23.1 Å². The van der Waals surface area contributed by atoms with Gasteiger partial charge >= 0.3 is 0 Å². The lowest BCUT2D eigenvalue weighted by Gasteiger charge is -2.43. The van der Waals surface area contributed by atoms with Gasteiger partial charge in [0.05, 0.1) is 11.5 Å². The minimum Gasteiger partial charge on any atom is -0.336 e. The Balaban J connectivity index is 1.20. The molecule has 1 unspecified atom stereocenters. The lowest BCUT2D eigenvalue weighted by molar-refractivity contribution is -0.384. The number of nitrogens with zero attached hydrogens (tertiary/aromatic N) is 4. The second-order valence-electron chi connectivity index (χ2n) is 9.47. The topological polar surface area (TPSA) is 99.0 Å². The first kappa shape index (κ1) is 22.5. The Morgan fingerprint density at radius 2 is 1.76 bits per heavy atom. The van der Waals surface area contributed by atoms with E-state index in [4.69, 9.17) is 0 Å². The van der Waals surface area contributed by atoms with Crippen molar-refractivity contribution in [3.8, 4) is 0 Å². The third-order valence-corrected chi connectivity index (χ3v) is 7.25. The molecule has 3 heterocycles. The van der Waals surface area contributed by atoms with Crippen LogP contribution in [0.15, 0.2) is 48.5 Å². The summed E-state index contributed by atoms with van der Waals surface area (Å²) in [5, 5.41) is 14.5. The van der Waals surface area contributed by atoms with Gasteiger partial charge in [-0.15, -0.1) is 0 Å². The number of benzene rings is 2. The molecular formula is C25H29N5O4. The van der Waals surface area contributed by atoms with E-state index in [-0.39, 0.29) is 23.0 Å². The molecule has 0 radical (unpaired) electrons. The van der Waals surface area contributed by atoms with Gasteiger partial charge in [-0.05, 0) is 49.6 Å². The third-order valence-electron chi connectivity index (χ3n) is 7.25. The highest BCUT2D eigenvalue weighted by atomic mass is 16.6. The maximum absolute atomic E-state index is 13.4. The van der Waals surface area contributed by atoms with Gasteiger partial charge in [-0.2, -0.15) is 0 Å². The number of nitrogens with one attached hydrogen (secondary N) is 1. The number of nitro benzene ring substituents is 1. The maximum Gasteiger partial charge on any atom is 0.269 e. The van der Waals surface area contributed by atoms with Gasteiger partial charge in [-0.3, -0.25) is 24.6 Å². The van der Waals surface area contributed by atoms with E-state index in [0.717, 1.165) is 31.5 Å². The molecule has 0 aromatic heterocycles. The standard InChI is InChI=1S/C25H29N5O4/c31-23(29-18-25(10-3-11-26-25)16-20-4-1-2-5-22(20)29)17-27-12-14-28(15-13-27)24(32)19-6-8-21(9-7-19)30(33)34/h1-2,4-9,26H,3,10-18H2. The van der Waals surface area contributed by atoms with Crippen LogP contribution in [0.1, 0.15) is 28.8 Å². The number of para-hydroxylation sites is 1. The van der Waals surface area contributed by atoms with Crippen LogP contribution in [0.4, 0.5) is 11.4 Å². The van der Waals surface area contributed by atoms with Crippen LogP contribution in [-0.2, 0) is 11.2 Å². The molecule has 2 saturated heterocycles. The molecule has 2 fully saturated rings. The van der Waals surface area contributed by atoms with Crippen LogP contribution in [0.25, 0.3) is 0 Å². The number of anilines is 1. The number of carbonyl (C=O) groups excluding carboxylic acids is 2. The zero-order valence-corrected chi connectivity index (χ0v) is 19.1. The summed E-state index contributed by atoms with van der Waals surface area (Å²) < 4.78 is 0. The minimum absolute atomic E-state index is 0.0279. The van der Waals surface area contributed by atoms with E-state index in [1.165, 1.54) is 29.8 Å². The number of hydrogen-bond donors (Lipinski definition) is 1. The lowest BCUT2D eigenvalue weighted by atomic mass is 9.84. The van der Waals surface area contributed by atoms with Gasteiger partial charge in [0.1, 0.15) is 0 Å². The Kier molecular flexibility index (Phi) is 6.05. The molecule has 2 aromatic rings. The first-order chi connectivity index (χ1) is 16.4. The van der Waals surface area contributed by atoms with E-state index >= 15 is 0 Å². The van der Waals surface area contributed by atoms with Crippen molar-refractivity contribution in [2.24, 2.45) is 0 Å². The average molecular weight is 464 g/mol. The Morgan fingerprint density at radius 1 is 1.03 bits per heavy atom. The van der Waals surface area contributed by atoms with Crippen molar-refractivity contribution in [2.45, 2.75) is 24.8 Å². The zero-order valence-electron chi connectivity index (χ0n) is 19.1. The van der Waals surface area contributed by atoms with E-state index in [1.54, 1.807) is 4.90 Å². The van der Waals surface area contributed by atoms with Gasteiger partial charge < -0.3 is 15.1 Å². The molecule has 34 heavy (non-hydrogen) atoms. The average Bonchev–Trinajstić information content (AvgIpc) is 3.30. The fraction of sp³-hybridized carbons (Fsp3) is 0.440. The molecular weight excluding hydrogens is 434 g/mol. The molecule has 178 valence electrons. The number of amides is 2. The number of rotatable bonds is 4. The van der Waals surface area contributed by atoms with Crippen molar-refractivity contribution in [3.63, 3.8) is 0 Å². The molecule has 2 aromatic carbocycles. The van der Waals surface area contributed by atoms with Gasteiger partial charge in [0.25, 0.3) is 11.6 Å². The second-order valence-corrected chi connectivity index (χ2v) is 9.47. The fourth-order valence-corrected chi connectivity index (χ4v) is 5.40. The molecule has 2 amide bonds. The predicted molar refractivity (Wildman–Crippen MR) is 128 cm³/mol. The molecule has 9 heteroatoms. The summed E-state index contributed by atoms with van der Waals surface area (Å²) in [7, 11) is 0. The van der Waals surface area contributed by atoms with Crippen molar-refractivity contribution in [2.75, 3.05) is 50.7 Å². The summed E-state index contributed by atoms with van der Waals surface area (Å²) in [5.74, 6) is -0.0459. The van der Waals surface area contributed by atoms with E-state index in [0.29, 0.717) is 44.8 Å². The monoisotopic (exact) mass is 463 g/mol. The van der Waals surface area contributed by atoms with Crippen LogP contribution in [0, 0.1) is 10.1 Å². The molecule has 0 saturated carbocycles. The van der Waals surface area contributed by atoms with Crippen molar-refractivity contribution in [1.82, 2.24) is 15.1 Å². The first-order valence-corrected chi connectivity index (χ1v) is 11.8. The number of carbonyl (C=O) groups is 2. The number of nitro groups is 1. The van der Waals surface area contributed by atoms with Crippen LogP contribution in [0.5, 0.6) is 0 Å². The minimum atomic E-state index is -0.477. The van der Waals surface area contributed by atoms with Crippen molar-refractivity contribution >= 4 is 23.2 Å². The van der Waals surface area contributed by atoms with Gasteiger partial charge in [-0.1, -0.05) is 18.2 Å².